The zero-order valence-electron chi connectivity index (χ0n) is 16.4. The van der Waals surface area contributed by atoms with Gasteiger partial charge in [0.1, 0.15) is 17.1 Å². The summed E-state index contributed by atoms with van der Waals surface area (Å²) < 4.78 is 16.5. The van der Waals surface area contributed by atoms with Crippen LogP contribution in [0.15, 0.2) is 86.8 Å². The van der Waals surface area contributed by atoms with Gasteiger partial charge in [-0.15, -0.1) is 0 Å². The minimum atomic E-state index is -0.767. The van der Waals surface area contributed by atoms with Gasteiger partial charge in [-0.3, -0.25) is 9.78 Å². The summed E-state index contributed by atoms with van der Waals surface area (Å²) in [5.41, 5.74) is 0.724. The Bertz CT molecular complexity index is 1190. The van der Waals surface area contributed by atoms with E-state index in [4.69, 9.17) is 13.6 Å². The quantitative estimate of drug-likeness (QED) is 0.436. The molecule has 3 heterocycles. The van der Waals surface area contributed by atoms with Crippen LogP contribution < -0.4 is 10.4 Å². The van der Waals surface area contributed by atoms with Crippen molar-refractivity contribution in [1.82, 2.24) is 9.88 Å². The molecule has 1 atom stereocenters. The van der Waals surface area contributed by atoms with Gasteiger partial charge in [-0.25, -0.2) is 4.79 Å². The van der Waals surface area contributed by atoms with Crippen molar-refractivity contribution >= 4 is 16.9 Å². The summed E-state index contributed by atoms with van der Waals surface area (Å²) in [6.07, 6.45) is 2.49. The lowest BCUT2D eigenvalue weighted by Crippen LogP contribution is -2.39. The smallest absolute Gasteiger partial charge is 0.336 e. The van der Waals surface area contributed by atoms with Crippen molar-refractivity contribution in [3.63, 3.8) is 0 Å². The molecule has 4 aromatic rings. The first kappa shape index (κ1) is 19.4. The van der Waals surface area contributed by atoms with Crippen molar-refractivity contribution < 1.29 is 18.4 Å². The second-order valence-corrected chi connectivity index (χ2v) is 6.81. The molecule has 7 nitrogen and oxygen atoms in total. The zero-order valence-corrected chi connectivity index (χ0v) is 16.4. The maximum absolute atomic E-state index is 13.2. The molecule has 30 heavy (non-hydrogen) atoms. The van der Waals surface area contributed by atoms with E-state index in [-0.39, 0.29) is 5.91 Å². The van der Waals surface area contributed by atoms with E-state index in [0.29, 0.717) is 30.2 Å². The molecule has 4 rings (SSSR count). The van der Waals surface area contributed by atoms with E-state index in [1.165, 1.54) is 6.07 Å². The first-order valence-electron chi connectivity index (χ1n) is 9.50. The Morgan fingerprint density at radius 1 is 1.10 bits per heavy atom. The van der Waals surface area contributed by atoms with Crippen molar-refractivity contribution in [3.05, 3.63) is 95.0 Å². The summed E-state index contributed by atoms with van der Waals surface area (Å²) >= 11 is 0. The molecule has 0 spiro atoms. The van der Waals surface area contributed by atoms with Crippen molar-refractivity contribution in [2.24, 2.45) is 0 Å². The lowest BCUT2D eigenvalue weighted by atomic mass is 10.2. The number of amides is 1. The minimum absolute atomic E-state index is 0.216. The van der Waals surface area contributed by atoms with Crippen molar-refractivity contribution in [2.45, 2.75) is 26.1 Å². The number of carbonyl (C=O) groups excluding carboxylic acids is 1. The normalized spacial score (nSPS) is 11.9. The summed E-state index contributed by atoms with van der Waals surface area (Å²) in [5.74, 6) is 0.888. The zero-order chi connectivity index (χ0) is 20.9. The molecule has 0 fully saturated rings. The minimum Gasteiger partial charge on any atom is -0.481 e. The van der Waals surface area contributed by atoms with E-state index in [1.807, 2.05) is 24.3 Å². The number of benzene rings is 1. The third kappa shape index (κ3) is 4.57. The molecule has 7 heteroatoms. The molecular weight excluding hydrogens is 384 g/mol. The number of pyridine rings is 1. The number of nitrogens with zero attached hydrogens (tertiary/aromatic N) is 2. The highest BCUT2D eigenvalue weighted by Gasteiger charge is 2.24. The topological polar surface area (TPSA) is 85.8 Å². The number of hydrogen-bond acceptors (Lipinski definition) is 6. The number of furan rings is 1. The van der Waals surface area contributed by atoms with Crippen LogP contribution >= 0.6 is 0 Å². The van der Waals surface area contributed by atoms with Crippen LogP contribution in [-0.4, -0.2) is 21.9 Å². The third-order valence-corrected chi connectivity index (χ3v) is 4.57. The Labute approximate surface area is 172 Å². The maximum Gasteiger partial charge on any atom is 0.336 e. The van der Waals surface area contributed by atoms with Gasteiger partial charge in [0.15, 0.2) is 6.10 Å². The highest BCUT2D eigenvalue weighted by Crippen LogP contribution is 2.21. The van der Waals surface area contributed by atoms with Crippen LogP contribution in [0.2, 0.25) is 0 Å². The van der Waals surface area contributed by atoms with E-state index >= 15 is 0 Å². The second-order valence-electron chi connectivity index (χ2n) is 6.81. The summed E-state index contributed by atoms with van der Waals surface area (Å²) in [6, 6.07) is 17.3. The molecule has 0 aliphatic heterocycles. The molecule has 0 aliphatic rings. The summed E-state index contributed by atoms with van der Waals surface area (Å²) in [7, 11) is 0. The van der Waals surface area contributed by atoms with Gasteiger partial charge >= 0.3 is 5.63 Å². The molecule has 0 N–H and O–H groups in total. The van der Waals surface area contributed by atoms with Gasteiger partial charge in [-0.05, 0) is 49.4 Å². The lowest BCUT2D eigenvalue weighted by molar-refractivity contribution is -0.139. The first-order chi connectivity index (χ1) is 14.6. The van der Waals surface area contributed by atoms with Crippen molar-refractivity contribution in [2.75, 3.05) is 0 Å². The molecule has 0 saturated heterocycles. The van der Waals surface area contributed by atoms with E-state index in [2.05, 4.69) is 4.98 Å². The number of aromatic nitrogens is 1. The molecule has 1 amide bonds. The largest absolute Gasteiger partial charge is 0.481 e. The number of rotatable bonds is 7. The Kier molecular flexibility index (Phi) is 5.61. The average Bonchev–Trinajstić information content (AvgIpc) is 3.26. The highest BCUT2D eigenvalue weighted by molar-refractivity contribution is 5.81. The van der Waals surface area contributed by atoms with Gasteiger partial charge in [0.2, 0.25) is 0 Å². The van der Waals surface area contributed by atoms with Gasteiger partial charge < -0.3 is 18.5 Å². The van der Waals surface area contributed by atoms with E-state index in [0.717, 1.165) is 11.1 Å². The predicted molar refractivity (Wildman–Crippen MR) is 110 cm³/mol. The lowest BCUT2D eigenvalue weighted by Gasteiger charge is -2.25. The third-order valence-electron chi connectivity index (χ3n) is 4.57. The summed E-state index contributed by atoms with van der Waals surface area (Å²) in [4.78, 5) is 30.6. The van der Waals surface area contributed by atoms with Gasteiger partial charge in [0.25, 0.3) is 5.91 Å². The number of fused-ring (bicyclic) bond motifs is 1. The van der Waals surface area contributed by atoms with Crippen LogP contribution in [0.3, 0.4) is 0 Å². The van der Waals surface area contributed by atoms with Crippen LogP contribution in [0.5, 0.6) is 5.75 Å². The van der Waals surface area contributed by atoms with Gasteiger partial charge in [0.05, 0.1) is 25.0 Å². The molecule has 1 aromatic carbocycles. The van der Waals surface area contributed by atoms with Crippen LogP contribution in [-0.2, 0) is 17.9 Å². The Hall–Kier alpha value is -3.87. The monoisotopic (exact) mass is 404 g/mol. The van der Waals surface area contributed by atoms with E-state index in [1.54, 1.807) is 54.6 Å². The molecule has 0 bridgehead atoms. The van der Waals surface area contributed by atoms with Crippen LogP contribution in [0.1, 0.15) is 18.4 Å². The van der Waals surface area contributed by atoms with Crippen molar-refractivity contribution in [1.29, 1.82) is 0 Å². The fraction of sp³-hybridized carbons (Fsp3) is 0.174. The average molecular weight is 404 g/mol. The summed E-state index contributed by atoms with van der Waals surface area (Å²) in [5, 5.41) is 0.774. The van der Waals surface area contributed by atoms with E-state index in [9.17, 15) is 9.59 Å². The van der Waals surface area contributed by atoms with Crippen LogP contribution in [0.4, 0.5) is 0 Å². The first-order valence-corrected chi connectivity index (χ1v) is 9.50. The SMILES string of the molecule is CC(Oc1ccc2ccc(=O)oc2c1)C(=O)N(Cc1ccccn1)Cc1ccco1. The van der Waals surface area contributed by atoms with Gasteiger partial charge in [-0.1, -0.05) is 6.07 Å². The molecular formula is C23H20N2O5. The molecule has 0 aliphatic carbocycles. The molecule has 0 saturated carbocycles. The Morgan fingerprint density at radius 3 is 2.73 bits per heavy atom. The van der Waals surface area contributed by atoms with Gasteiger partial charge in [0, 0.05) is 23.7 Å². The fourth-order valence-electron chi connectivity index (χ4n) is 3.12. The predicted octanol–water partition coefficient (Wildman–Crippen LogP) is 3.78. The molecule has 3 aromatic heterocycles. The van der Waals surface area contributed by atoms with Crippen LogP contribution in [0.25, 0.3) is 11.0 Å². The highest BCUT2D eigenvalue weighted by atomic mass is 16.5. The van der Waals surface area contributed by atoms with Crippen molar-refractivity contribution in [3.8, 4) is 5.75 Å². The standard InChI is InChI=1S/C23H20N2O5/c1-16(29-19-9-7-17-8-10-22(26)30-21(17)13-19)23(27)25(15-20-6-4-12-28-20)14-18-5-2-3-11-24-18/h2-13,16H,14-15H2,1H3. The number of hydrogen-bond donors (Lipinski definition) is 0. The Morgan fingerprint density at radius 2 is 1.97 bits per heavy atom. The van der Waals surface area contributed by atoms with E-state index < -0.39 is 11.7 Å². The fourth-order valence-corrected chi connectivity index (χ4v) is 3.12. The molecule has 152 valence electrons. The molecule has 0 radical (unpaired) electrons. The Balaban J connectivity index is 1.53. The second kappa shape index (κ2) is 8.65. The summed E-state index contributed by atoms with van der Waals surface area (Å²) in [6.45, 7) is 2.30. The maximum atomic E-state index is 13.2. The molecule has 1 unspecified atom stereocenters. The number of ether oxygens (including phenoxy) is 1. The van der Waals surface area contributed by atoms with Crippen LogP contribution in [0, 0.1) is 0 Å². The number of carbonyl (C=O) groups is 1. The van der Waals surface area contributed by atoms with Gasteiger partial charge in [-0.2, -0.15) is 0 Å².